The summed E-state index contributed by atoms with van der Waals surface area (Å²) in [7, 11) is 3.29. The summed E-state index contributed by atoms with van der Waals surface area (Å²) in [4.78, 5) is 18.4. The summed E-state index contributed by atoms with van der Waals surface area (Å²) in [5.41, 5.74) is 2.24. The van der Waals surface area contributed by atoms with Gasteiger partial charge < -0.3 is 18.9 Å². The van der Waals surface area contributed by atoms with E-state index in [0.717, 1.165) is 33.7 Å². The van der Waals surface area contributed by atoms with Gasteiger partial charge in [0.05, 0.1) is 26.5 Å². The topological polar surface area (TPSA) is 111 Å². The molecule has 0 aliphatic heterocycles. The van der Waals surface area contributed by atoms with Gasteiger partial charge in [-0.25, -0.2) is 4.68 Å². The number of hydrogen-bond donors (Lipinski definition) is 1. The fraction of sp³-hybridized carbons (Fsp3) is 0.286. The second-order valence-corrected chi connectivity index (χ2v) is 8.99. The molecule has 0 saturated heterocycles. The molecule has 10 heteroatoms. The highest BCUT2D eigenvalue weighted by molar-refractivity contribution is 5.80. The number of hydrogen-bond acceptors (Lipinski definition) is 8. The first kappa shape index (κ1) is 25.2. The van der Waals surface area contributed by atoms with Gasteiger partial charge in [-0.1, -0.05) is 25.1 Å². The van der Waals surface area contributed by atoms with E-state index in [1.165, 1.54) is 0 Å². The zero-order valence-electron chi connectivity index (χ0n) is 21.6. The van der Waals surface area contributed by atoms with E-state index in [0.29, 0.717) is 37.4 Å². The lowest BCUT2D eigenvalue weighted by Crippen LogP contribution is -2.32. The number of para-hydroxylation sites is 1. The van der Waals surface area contributed by atoms with Crippen molar-refractivity contribution in [2.75, 3.05) is 14.2 Å². The van der Waals surface area contributed by atoms with Crippen LogP contribution in [0.1, 0.15) is 42.1 Å². The maximum absolute atomic E-state index is 13.2. The van der Waals surface area contributed by atoms with E-state index in [4.69, 9.17) is 13.9 Å². The monoisotopic (exact) mass is 514 g/mol. The predicted octanol–water partition coefficient (Wildman–Crippen LogP) is 4.33. The zero-order valence-corrected chi connectivity index (χ0v) is 21.6. The predicted molar refractivity (Wildman–Crippen MR) is 142 cm³/mol. The Balaban J connectivity index is 1.55. The highest BCUT2D eigenvalue weighted by Crippen LogP contribution is 2.29. The fourth-order valence-corrected chi connectivity index (χ4v) is 4.74. The quantitative estimate of drug-likeness (QED) is 0.277. The number of rotatable bonds is 11. The van der Waals surface area contributed by atoms with Crippen LogP contribution in [-0.4, -0.2) is 44.3 Å². The molecular formula is C28H30N6O4. The third-order valence-corrected chi connectivity index (χ3v) is 6.64. The Morgan fingerprint density at radius 3 is 2.63 bits per heavy atom. The van der Waals surface area contributed by atoms with E-state index in [9.17, 15) is 4.79 Å². The summed E-state index contributed by atoms with van der Waals surface area (Å²) in [6, 6.07) is 18.9. The lowest BCUT2D eigenvalue weighted by atomic mass is 10.1. The average molecular weight is 515 g/mol. The molecule has 0 aliphatic rings. The number of nitrogens with one attached hydrogen (secondary N) is 1. The van der Waals surface area contributed by atoms with E-state index in [-0.39, 0.29) is 11.6 Å². The standard InChI is InChI=1S/C28H30N6O4/c1-4-25(27-30-31-32-34(27)18-23-9-7-13-38-23)33(16-19-8-5-6-10-26(19)37-3)17-21-14-20-15-22(36-2)11-12-24(20)29-28(21)35/h5-15,25H,4,16-18H2,1-3H3,(H,29,35)/t25-/m0/s1. The Labute approximate surface area is 219 Å². The van der Waals surface area contributed by atoms with Gasteiger partial charge in [0.1, 0.15) is 23.8 Å². The Hall–Kier alpha value is -4.44. The number of pyridine rings is 1. The largest absolute Gasteiger partial charge is 0.497 e. The smallest absolute Gasteiger partial charge is 0.252 e. The maximum atomic E-state index is 13.2. The number of methoxy groups -OCH3 is 2. The van der Waals surface area contributed by atoms with E-state index < -0.39 is 0 Å². The van der Waals surface area contributed by atoms with Crippen molar-refractivity contribution in [2.24, 2.45) is 0 Å². The van der Waals surface area contributed by atoms with E-state index in [1.807, 2.05) is 60.7 Å². The van der Waals surface area contributed by atoms with Crippen LogP contribution in [0.25, 0.3) is 10.9 Å². The Morgan fingerprint density at radius 2 is 1.87 bits per heavy atom. The first-order chi connectivity index (χ1) is 18.6. The number of tetrazole rings is 1. The molecule has 3 heterocycles. The van der Waals surface area contributed by atoms with Crippen LogP contribution in [0.2, 0.25) is 0 Å². The third kappa shape index (κ3) is 5.30. The molecule has 0 saturated carbocycles. The zero-order chi connectivity index (χ0) is 26.5. The van der Waals surface area contributed by atoms with Crippen molar-refractivity contribution < 1.29 is 13.9 Å². The molecule has 0 fully saturated rings. The SMILES string of the molecule is CC[C@@H](c1nnnn1Cc1ccco1)N(Cc1ccccc1OC)Cc1cc2cc(OC)ccc2[nH]c1=O. The summed E-state index contributed by atoms with van der Waals surface area (Å²) in [6.07, 6.45) is 2.35. The molecule has 0 amide bonds. The molecule has 0 aliphatic carbocycles. The molecule has 0 unspecified atom stereocenters. The van der Waals surface area contributed by atoms with Crippen molar-refractivity contribution in [1.29, 1.82) is 0 Å². The minimum absolute atomic E-state index is 0.141. The Bertz CT molecular complexity index is 1560. The lowest BCUT2D eigenvalue weighted by Gasteiger charge is -2.30. The number of fused-ring (bicyclic) bond motifs is 1. The van der Waals surface area contributed by atoms with Gasteiger partial charge in [-0.2, -0.15) is 0 Å². The lowest BCUT2D eigenvalue weighted by molar-refractivity contribution is 0.159. The molecule has 5 rings (SSSR count). The molecule has 5 aromatic rings. The van der Waals surface area contributed by atoms with Crippen LogP contribution >= 0.6 is 0 Å². The second kappa shape index (κ2) is 11.3. The molecule has 0 spiro atoms. The number of furan rings is 1. The van der Waals surface area contributed by atoms with Gasteiger partial charge in [0.25, 0.3) is 5.56 Å². The maximum Gasteiger partial charge on any atom is 0.252 e. The molecule has 1 atom stereocenters. The van der Waals surface area contributed by atoms with Crippen LogP contribution in [0.4, 0.5) is 0 Å². The minimum atomic E-state index is -0.190. The van der Waals surface area contributed by atoms with Crippen LogP contribution in [0.3, 0.4) is 0 Å². The molecule has 1 N–H and O–H groups in total. The number of ether oxygens (including phenoxy) is 2. The van der Waals surface area contributed by atoms with Crippen molar-refractivity contribution >= 4 is 10.9 Å². The van der Waals surface area contributed by atoms with Crippen molar-refractivity contribution in [3.05, 3.63) is 100.0 Å². The van der Waals surface area contributed by atoms with Crippen molar-refractivity contribution in [3.63, 3.8) is 0 Å². The van der Waals surface area contributed by atoms with Crippen molar-refractivity contribution in [2.45, 2.75) is 39.0 Å². The number of aromatic nitrogens is 5. The number of aromatic amines is 1. The third-order valence-electron chi connectivity index (χ3n) is 6.64. The summed E-state index contributed by atoms with van der Waals surface area (Å²) in [5.74, 6) is 2.95. The van der Waals surface area contributed by atoms with Gasteiger partial charge in [0.2, 0.25) is 0 Å². The molecule has 2 aromatic carbocycles. The summed E-state index contributed by atoms with van der Waals surface area (Å²) < 4.78 is 18.3. The minimum Gasteiger partial charge on any atom is -0.497 e. The van der Waals surface area contributed by atoms with Gasteiger partial charge in [0.15, 0.2) is 5.82 Å². The number of benzene rings is 2. The van der Waals surface area contributed by atoms with Gasteiger partial charge in [0, 0.05) is 35.1 Å². The Kier molecular flexibility index (Phi) is 7.50. The molecule has 196 valence electrons. The second-order valence-electron chi connectivity index (χ2n) is 8.99. The van der Waals surface area contributed by atoms with Gasteiger partial charge in [-0.15, -0.1) is 5.10 Å². The van der Waals surface area contributed by atoms with Crippen molar-refractivity contribution in [1.82, 2.24) is 30.1 Å². The van der Waals surface area contributed by atoms with Crippen LogP contribution in [-0.2, 0) is 19.6 Å². The van der Waals surface area contributed by atoms with Gasteiger partial charge in [-0.05, 0) is 59.3 Å². The van der Waals surface area contributed by atoms with Crippen LogP contribution in [0.5, 0.6) is 11.5 Å². The summed E-state index contributed by atoms with van der Waals surface area (Å²) in [5, 5.41) is 13.5. The molecule has 38 heavy (non-hydrogen) atoms. The normalized spacial score (nSPS) is 12.2. The van der Waals surface area contributed by atoms with Gasteiger partial charge >= 0.3 is 0 Å². The number of H-pyrrole nitrogens is 1. The fourth-order valence-electron chi connectivity index (χ4n) is 4.74. The number of nitrogens with zero attached hydrogens (tertiary/aromatic N) is 5. The summed E-state index contributed by atoms with van der Waals surface area (Å²) in [6.45, 7) is 3.38. The molecule has 3 aromatic heterocycles. The molecule has 0 radical (unpaired) electrons. The Morgan fingerprint density at radius 1 is 1.03 bits per heavy atom. The van der Waals surface area contributed by atoms with Crippen LogP contribution in [0.15, 0.2) is 76.1 Å². The van der Waals surface area contributed by atoms with Crippen molar-refractivity contribution in [3.8, 4) is 11.5 Å². The molecular weight excluding hydrogens is 484 g/mol. The highest BCUT2D eigenvalue weighted by Gasteiger charge is 2.27. The van der Waals surface area contributed by atoms with Gasteiger partial charge in [-0.3, -0.25) is 9.69 Å². The van der Waals surface area contributed by atoms with E-state index in [1.54, 1.807) is 25.2 Å². The van der Waals surface area contributed by atoms with Crippen LogP contribution in [0, 0.1) is 0 Å². The first-order valence-corrected chi connectivity index (χ1v) is 12.4. The highest BCUT2D eigenvalue weighted by atomic mass is 16.5. The molecule has 10 nitrogen and oxygen atoms in total. The van der Waals surface area contributed by atoms with E-state index in [2.05, 4.69) is 32.3 Å². The van der Waals surface area contributed by atoms with E-state index >= 15 is 0 Å². The average Bonchev–Trinajstić information content (AvgIpc) is 3.62. The molecule has 0 bridgehead atoms. The van der Waals surface area contributed by atoms with Crippen LogP contribution < -0.4 is 15.0 Å². The summed E-state index contributed by atoms with van der Waals surface area (Å²) >= 11 is 0. The first-order valence-electron chi connectivity index (χ1n) is 12.4.